The number of aromatic nitrogens is 1. The fourth-order valence-corrected chi connectivity index (χ4v) is 3.11. The molecule has 1 aliphatic rings. The van der Waals surface area contributed by atoms with Gasteiger partial charge in [0.15, 0.2) is 0 Å². The number of rotatable bonds is 5. The molecule has 2 aromatic carbocycles. The van der Waals surface area contributed by atoms with Crippen molar-refractivity contribution >= 4 is 17.3 Å². The maximum Gasteiger partial charge on any atom is 0.274 e. The van der Waals surface area contributed by atoms with Crippen LogP contribution >= 0.6 is 0 Å². The van der Waals surface area contributed by atoms with Gasteiger partial charge in [-0.2, -0.15) is 0 Å². The number of amides is 1. The summed E-state index contributed by atoms with van der Waals surface area (Å²) in [6.45, 7) is 2.12. The lowest BCUT2D eigenvalue weighted by molar-refractivity contribution is 0.102. The highest BCUT2D eigenvalue weighted by Crippen LogP contribution is 2.23. The van der Waals surface area contributed by atoms with Crippen molar-refractivity contribution in [3.05, 3.63) is 78.6 Å². The van der Waals surface area contributed by atoms with Crippen LogP contribution in [0.4, 0.5) is 11.4 Å². The first kappa shape index (κ1) is 17.1. The van der Waals surface area contributed by atoms with E-state index in [0.29, 0.717) is 17.1 Å². The Bertz CT molecular complexity index is 887. The summed E-state index contributed by atoms with van der Waals surface area (Å²) in [6.07, 6.45) is 4.20. The highest BCUT2D eigenvalue weighted by Gasteiger charge is 2.14. The monoisotopic (exact) mass is 359 g/mol. The van der Waals surface area contributed by atoms with E-state index in [1.807, 2.05) is 60.7 Å². The summed E-state index contributed by atoms with van der Waals surface area (Å²) >= 11 is 0. The first-order chi connectivity index (χ1) is 13.3. The van der Waals surface area contributed by atoms with E-state index in [-0.39, 0.29) is 5.91 Å². The summed E-state index contributed by atoms with van der Waals surface area (Å²) < 4.78 is 5.76. The zero-order valence-electron chi connectivity index (χ0n) is 15.0. The predicted molar refractivity (Wildman–Crippen MR) is 107 cm³/mol. The van der Waals surface area contributed by atoms with Crippen LogP contribution < -0.4 is 15.0 Å². The second-order valence-corrected chi connectivity index (χ2v) is 6.49. The van der Waals surface area contributed by atoms with Crippen molar-refractivity contribution in [1.29, 1.82) is 0 Å². The summed E-state index contributed by atoms with van der Waals surface area (Å²) in [5, 5.41) is 2.87. The van der Waals surface area contributed by atoms with Crippen molar-refractivity contribution in [3.8, 4) is 11.5 Å². The first-order valence-corrected chi connectivity index (χ1v) is 9.13. The summed E-state index contributed by atoms with van der Waals surface area (Å²) in [7, 11) is 0. The van der Waals surface area contributed by atoms with Gasteiger partial charge in [-0.3, -0.25) is 4.79 Å². The Balaban J connectivity index is 1.37. The molecule has 3 aromatic rings. The quantitative estimate of drug-likeness (QED) is 0.716. The van der Waals surface area contributed by atoms with E-state index in [1.54, 1.807) is 12.3 Å². The zero-order valence-corrected chi connectivity index (χ0v) is 15.0. The van der Waals surface area contributed by atoms with Crippen LogP contribution in [0.25, 0.3) is 0 Å². The molecule has 136 valence electrons. The van der Waals surface area contributed by atoms with Crippen LogP contribution in [0, 0.1) is 0 Å². The van der Waals surface area contributed by atoms with Crippen LogP contribution in [-0.4, -0.2) is 24.0 Å². The van der Waals surface area contributed by atoms with Crippen molar-refractivity contribution < 1.29 is 9.53 Å². The van der Waals surface area contributed by atoms with Gasteiger partial charge in [0.05, 0.1) is 11.9 Å². The van der Waals surface area contributed by atoms with E-state index in [2.05, 4.69) is 15.2 Å². The minimum Gasteiger partial charge on any atom is -0.457 e. The molecule has 0 saturated carbocycles. The minimum absolute atomic E-state index is 0.223. The van der Waals surface area contributed by atoms with Gasteiger partial charge in [0, 0.05) is 18.8 Å². The Kier molecular flexibility index (Phi) is 5.01. The van der Waals surface area contributed by atoms with Crippen LogP contribution in [0.3, 0.4) is 0 Å². The molecule has 5 nitrogen and oxygen atoms in total. The molecule has 0 unspecified atom stereocenters. The van der Waals surface area contributed by atoms with E-state index in [4.69, 9.17) is 4.74 Å². The minimum atomic E-state index is -0.223. The Labute approximate surface area is 158 Å². The number of hydrogen-bond acceptors (Lipinski definition) is 4. The average molecular weight is 359 g/mol. The van der Waals surface area contributed by atoms with Crippen molar-refractivity contribution in [3.63, 3.8) is 0 Å². The van der Waals surface area contributed by atoms with Crippen molar-refractivity contribution in [2.75, 3.05) is 23.3 Å². The van der Waals surface area contributed by atoms with Gasteiger partial charge in [0.25, 0.3) is 5.91 Å². The molecule has 2 heterocycles. The summed E-state index contributed by atoms with van der Waals surface area (Å²) in [5.41, 5.74) is 2.18. The Morgan fingerprint density at radius 3 is 2.26 bits per heavy atom. The molecule has 1 aromatic heterocycles. The molecule has 1 amide bonds. The largest absolute Gasteiger partial charge is 0.457 e. The lowest BCUT2D eigenvalue weighted by Gasteiger charge is -2.17. The zero-order chi connectivity index (χ0) is 18.5. The Morgan fingerprint density at radius 1 is 0.889 bits per heavy atom. The number of carbonyl (C=O) groups excluding carboxylic acids is 1. The number of para-hydroxylation sites is 1. The van der Waals surface area contributed by atoms with Crippen molar-refractivity contribution in [2.24, 2.45) is 0 Å². The van der Waals surface area contributed by atoms with Gasteiger partial charge in [0.2, 0.25) is 0 Å². The molecular formula is C22H21N3O2. The second kappa shape index (κ2) is 7.91. The molecule has 0 atom stereocenters. The van der Waals surface area contributed by atoms with Gasteiger partial charge in [-0.05, 0) is 61.4 Å². The topological polar surface area (TPSA) is 54.5 Å². The predicted octanol–water partition coefficient (Wildman–Crippen LogP) is 4.73. The third kappa shape index (κ3) is 4.26. The molecule has 1 fully saturated rings. The number of anilines is 2. The molecule has 4 rings (SSSR count). The Hall–Kier alpha value is -3.34. The average Bonchev–Trinajstić information content (AvgIpc) is 3.25. The molecule has 27 heavy (non-hydrogen) atoms. The molecular weight excluding hydrogens is 338 g/mol. The van der Waals surface area contributed by atoms with Crippen LogP contribution in [0.1, 0.15) is 23.3 Å². The van der Waals surface area contributed by atoms with Gasteiger partial charge in [-0.1, -0.05) is 18.2 Å². The van der Waals surface area contributed by atoms with Gasteiger partial charge in [-0.15, -0.1) is 0 Å². The fraction of sp³-hybridized carbons (Fsp3) is 0.182. The normalized spacial score (nSPS) is 13.4. The number of ether oxygens (including phenoxy) is 1. The van der Waals surface area contributed by atoms with Gasteiger partial charge in [-0.25, -0.2) is 4.98 Å². The lowest BCUT2D eigenvalue weighted by atomic mass is 10.2. The molecule has 0 aliphatic carbocycles. The number of nitrogens with zero attached hydrogens (tertiary/aromatic N) is 2. The van der Waals surface area contributed by atoms with Crippen LogP contribution in [0.5, 0.6) is 11.5 Å². The maximum atomic E-state index is 12.4. The van der Waals surface area contributed by atoms with E-state index in [0.717, 1.165) is 24.5 Å². The molecule has 0 radical (unpaired) electrons. The van der Waals surface area contributed by atoms with E-state index >= 15 is 0 Å². The fourth-order valence-electron chi connectivity index (χ4n) is 3.11. The summed E-state index contributed by atoms with van der Waals surface area (Å²) in [5.74, 6) is 1.27. The van der Waals surface area contributed by atoms with Gasteiger partial charge in [0.1, 0.15) is 17.2 Å². The smallest absolute Gasteiger partial charge is 0.274 e. The van der Waals surface area contributed by atoms with E-state index < -0.39 is 0 Å². The summed E-state index contributed by atoms with van der Waals surface area (Å²) in [6, 6.07) is 20.6. The van der Waals surface area contributed by atoms with Crippen LogP contribution in [0.2, 0.25) is 0 Å². The molecule has 0 spiro atoms. The molecule has 1 saturated heterocycles. The first-order valence-electron chi connectivity index (χ1n) is 9.13. The maximum absolute atomic E-state index is 12.4. The van der Waals surface area contributed by atoms with Crippen LogP contribution in [0.15, 0.2) is 72.9 Å². The highest BCUT2D eigenvalue weighted by molar-refractivity contribution is 6.02. The molecule has 1 N–H and O–H groups in total. The molecule has 5 heteroatoms. The van der Waals surface area contributed by atoms with E-state index in [1.165, 1.54) is 12.8 Å². The van der Waals surface area contributed by atoms with Crippen LogP contribution in [-0.2, 0) is 0 Å². The number of carbonyl (C=O) groups is 1. The third-order valence-electron chi connectivity index (χ3n) is 4.54. The highest BCUT2D eigenvalue weighted by atomic mass is 16.5. The van der Waals surface area contributed by atoms with Crippen molar-refractivity contribution in [1.82, 2.24) is 4.98 Å². The number of pyridine rings is 1. The number of nitrogens with one attached hydrogen (secondary N) is 1. The summed E-state index contributed by atoms with van der Waals surface area (Å²) in [4.78, 5) is 19.0. The SMILES string of the molecule is O=C(Nc1ccc(Oc2ccccc2)cc1)c1ccc(N2CCCC2)cn1. The number of benzene rings is 2. The van der Waals surface area contributed by atoms with E-state index in [9.17, 15) is 4.79 Å². The lowest BCUT2D eigenvalue weighted by Crippen LogP contribution is -2.19. The second-order valence-electron chi connectivity index (χ2n) is 6.49. The Morgan fingerprint density at radius 2 is 1.59 bits per heavy atom. The van der Waals surface area contributed by atoms with Gasteiger partial charge >= 0.3 is 0 Å². The number of hydrogen-bond donors (Lipinski definition) is 1. The van der Waals surface area contributed by atoms with Gasteiger partial charge < -0.3 is 15.0 Å². The molecule has 1 aliphatic heterocycles. The third-order valence-corrected chi connectivity index (χ3v) is 4.54. The standard InChI is InChI=1S/C22H21N3O2/c26-22(21-13-10-18(16-23-21)25-14-4-5-15-25)24-17-8-11-20(12-9-17)27-19-6-2-1-3-7-19/h1-3,6-13,16H,4-5,14-15H2,(H,24,26). The molecule has 0 bridgehead atoms. The van der Waals surface area contributed by atoms with Crippen molar-refractivity contribution in [2.45, 2.75) is 12.8 Å².